The molecule has 2 heterocycles. The Morgan fingerprint density at radius 3 is 2.77 bits per heavy atom. The van der Waals surface area contributed by atoms with Crippen LogP contribution in [0.4, 0.5) is 0 Å². The first kappa shape index (κ1) is 14.8. The number of benzene rings is 1. The van der Waals surface area contributed by atoms with E-state index in [-0.39, 0.29) is 0 Å². The van der Waals surface area contributed by atoms with Crippen molar-refractivity contribution in [3.05, 3.63) is 36.2 Å². The van der Waals surface area contributed by atoms with Crippen LogP contribution in [0.1, 0.15) is 39.5 Å². The van der Waals surface area contributed by atoms with Crippen LogP contribution < -0.4 is 0 Å². The fourth-order valence-electron chi connectivity index (χ4n) is 2.73. The van der Waals surface area contributed by atoms with E-state index in [0.29, 0.717) is 11.8 Å². The van der Waals surface area contributed by atoms with Gasteiger partial charge in [0.25, 0.3) is 5.89 Å². The van der Waals surface area contributed by atoms with Crippen LogP contribution in [-0.2, 0) is 13.0 Å². The van der Waals surface area contributed by atoms with Crippen molar-refractivity contribution in [2.24, 2.45) is 5.92 Å². The van der Waals surface area contributed by atoms with Crippen LogP contribution in [0.25, 0.3) is 22.5 Å². The zero-order valence-corrected chi connectivity index (χ0v) is 13.5. The van der Waals surface area contributed by atoms with Gasteiger partial charge in [0.1, 0.15) is 5.69 Å². The maximum absolute atomic E-state index is 5.89. The van der Waals surface area contributed by atoms with Gasteiger partial charge in [-0.1, -0.05) is 45.4 Å². The summed E-state index contributed by atoms with van der Waals surface area (Å²) in [6.45, 7) is 7.49. The van der Waals surface area contributed by atoms with Gasteiger partial charge in [0.15, 0.2) is 0 Å². The average Bonchev–Trinajstić information content (AvgIpc) is 3.08. The predicted molar refractivity (Wildman–Crippen MR) is 88.7 cm³/mol. The molecule has 0 atom stereocenters. The third-order valence-electron chi connectivity index (χ3n) is 3.81. The number of para-hydroxylation sites is 1. The molecule has 0 unspecified atom stereocenters. The molecule has 4 heteroatoms. The lowest BCUT2D eigenvalue weighted by Gasteiger charge is -2.07. The molecule has 22 heavy (non-hydrogen) atoms. The predicted octanol–water partition coefficient (Wildman–Crippen LogP) is 4.69. The zero-order valence-electron chi connectivity index (χ0n) is 13.5. The van der Waals surface area contributed by atoms with Gasteiger partial charge in [-0.3, -0.25) is 0 Å². The molecule has 4 nitrogen and oxygen atoms in total. The van der Waals surface area contributed by atoms with E-state index in [1.54, 1.807) is 0 Å². The van der Waals surface area contributed by atoms with Gasteiger partial charge in [0.2, 0.25) is 5.89 Å². The fraction of sp³-hybridized carbons (Fsp3) is 0.444. The van der Waals surface area contributed by atoms with E-state index in [0.717, 1.165) is 37.4 Å². The molecule has 1 aromatic carbocycles. The van der Waals surface area contributed by atoms with Gasteiger partial charge < -0.3 is 8.98 Å². The Balaban J connectivity index is 2.03. The molecule has 0 aliphatic rings. The van der Waals surface area contributed by atoms with Crippen molar-refractivity contribution in [1.29, 1.82) is 0 Å². The Kier molecular flexibility index (Phi) is 4.27. The van der Waals surface area contributed by atoms with Gasteiger partial charge in [-0.05, 0) is 24.5 Å². The molecule has 0 bridgehead atoms. The monoisotopic (exact) mass is 297 g/mol. The second kappa shape index (κ2) is 6.34. The quantitative estimate of drug-likeness (QED) is 0.663. The second-order valence-corrected chi connectivity index (χ2v) is 6.19. The van der Waals surface area contributed by atoms with Crippen LogP contribution in [0, 0.1) is 5.92 Å². The summed E-state index contributed by atoms with van der Waals surface area (Å²) in [6.07, 6.45) is 3.12. The maximum Gasteiger partial charge on any atom is 0.264 e. The maximum atomic E-state index is 5.89. The van der Waals surface area contributed by atoms with Gasteiger partial charge in [0.05, 0.1) is 0 Å². The summed E-state index contributed by atoms with van der Waals surface area (Å²) >= 11 is 0. The lowest BCUT2D eigenvalue weighted by Crippen LogP contribution is -1.99. The average molecular weight is 297 g/mol. The molecule has 116 valence electrons. The molecule has 0 radical (unpaired) electrons. The number of rotatable bonds is 6. The molecule has 0 aliphatic heterocycles. The summed E-state index contributed by atoms with van der Waals surface area (Å²) in [5, 5.41) is 9.68. The Labute approximate surface area is 131 Å². The first-order valence-electron chi connectivity index (χ1n) is 8.10. The molecule has 0 amide bonds. The van der Waals surface area contributed by atoms with Crippen LogP contribution >= 0.6 is 0 Å². The summed E-state index contributed by atoms with van der Waals surface area (Å²) in [5.74, 6) is 1.86. The zero-order chi connectivity index (χ0) is 15.5. The number of hydrogen-bond donors (Lipinski definition) is 0. The third kappa shape index (κ3) is 2.91. The van der Waals surface area contributed by atoms with E-state index < -0.39 is 0 Å². The summed E-state index contributed by atoms with van der Waals surface area (Å²) in [5.41, 5.74) is 2.26. The Morgan fingerprint density at radius 1 is 1.18 bits per heavy atom. The molecule has 3 rings (SSSR count). The van der Waals surface area contributed by atoms with Gasteiger partial charge in [-0.15, -0.1) is 10.2 Å². The van der Waals surface area contributed by atoms with Crippen molar-refractivity contribution in [1.82, 2.24) is 14.8 Å². The molecule has 0 aliphatic carbocycles. The number of unbranched alkanes of at least 4 members (excludes halogenated alkanes) is 1. The highest BCUT2D eigenvalue weighted by atomic mass is 16.4. The highest BCUT2D eigenvalue weighted by Gasteiger charge is 2.16. The molecule has 0 saturated carbocycles. The highest BCUT2D eigenvalue weighted by Crippen LogP contribution is 2.28. The summed E-state index contributed by atoms with van der Waals surface area (Å²) < 4.78 is 8.18. The van der Waals surface area contributed by atoms with Crippen molar-refractivity contribution in [3.63, 3.8) is 0 Å². The molecular formula is C18H23N3O. The SMILES string of the molecule is CCCCn1c(-c2nnc(CC(C)C)o2)cc2ccccc21. The summed E-state index contributed by atoms with van der Waals surface area (Å²) in [4.78, 5) is 0. The van der Waals surface area contributed by atoms with Gasteiger partial charge in [0, 0.05) is 23.9 Å². The minimum absolute atomic E-state index is 0.513. The van der Waals surface area contributed by atoms with Crippen LogP contribution in [0.5, 0.6) is 0 Å². The molecule has 0 fully saturated rings. The van der Waals surface area contributed by atoms with E-state index in [2.05, 4.69) is 65.9 Å². The lowest BCUT2D eigenvalue weighted by atomic mass is 10.1. The standard InChI is InChI=1S/C18H23N3O/c1-4-5-10-21-15-9-7-6-8-14(15)12-16(21)18-20-19-17(22-18)11-13(2)3/h6-9,12-13H,4-5,10-11H2,1-3H3. The van der Waals surface area contributed by atoms with Crippen LogP contribution in [0.3, 0.4) is 0 Å². The van der Waals surface area contributed by atoms with E-state index in [4.69, 9.17) is 4.42 Å². The molecule has 0 spiro atoms. The lowest BCUT2D eigenvalue weighted by molar-refractivity contribution is 0.463. The smallest absolute Gasteiger partial charge is 0.264 e. The summed E-state index contributed by atoms with van der Waals surface area (Å²) in [7, 11) is 0. The van der Waals surface area contributed by atoms with Crippen LogP contribution in [0.2, 0.25) is 0 Å². The van der Waals surface area contributed by atoms with Gasteiger partial charge in [-0.2, -0.15) is 0 Å². The van der Waals surface area contributed by atoms with E-state index in [1.807, 2.05) is 0 Å². The van der Waals surface area contributed by atoms with Crippen molar-refractivity contribution < 1.29 is 4.42 Å². The number of fused-ring (bicyclic) bond motifs is 1. The molecule has 0 saturated heterocycles. The van der Waals surface area contributed by atoms with E-state index in [9.17, 15) is 0 Å². The van der Waals surface area contributed by atoms with Crippen molar-refractivity contribution in [2.45, 2.75) is 46.6 Å². The highest BCUT2D eigenvalue weighted by molar-refractivity contribution is 5.85. The molecular weight excluding hydrogens is 274 g/mol. The number of nitrogens with zero attached hydrogens (tertiary/aromatic N) is 3. The molecule has 0 N–H and O–H groups in total. The first-order chi connectivity index (χ1) is 10.7. The molecule has 2 aromatic heterocycles. The number of aromatic nitrogens is 3. The molecule has 3 aromatic rings. The van der Waals surface area contributed by atoms with Gasteiger partial charge >= 0.3 is 0 Å². The van der Waals surface area contributed by atoms with Crippen LogP contribution in [-0.4, -0.2) is 14.8 Å². The first-order valence-corrected chi connectivity index (χ1v) is 8.10. The fourth-order valence-corrected chi connectivity index (χ4v) is 2.73. The number of aryl methyl sites for hydroxylation is 1. The van der Waals surface area contributed by atoms with Gasteiger partial charge in [-0.25, -0.2) is 0 Å². The normalized spacial score (nSPS) is 11.6. The van der Waals surface area contributed by atoms with Crippen molar-refractivity contribution in [3.8, 4) is 11.6 Å². The largest absolute Gasteiger partial charge is 0.419 e. The third-order valence-corrected chi connectivity index (χ3v) is 3.81. The Bertz CT molecular complexity index is 755. The minimum atomic E-state index is 0.513. The minimum Gasteiger partial charge on any atom is -0.419 e. The topological polar surface area (TPSA) is 43.9 Å². The van der Waals surface area contributed by atoms with Crippen LogP contribution in [0.15, 0.2) is 34.7 Å². The van der Waals surface area contributed by atoms with Crippen molar-refractivity contribution in [2.75, 3.05) is 0 Å². The van der Waals surface area contributed by atoms with E-state index in [1.165, 1.54) is 10.9 Å². The Hall–Kier alpha value is -2.10. The summed E-state index contributed by atoms with van der Waals surface area (Å²) in [6, 6.07) is 10.6. The Morgan fingerprint density at radius 2 is 2.00 bits per heavy atom. The second-order valence-electron chi connectivity index (χ2n) is 6.19. The van der Waals surface area contributed by atoms with E-state index >= 15 is 0 Å². The van der Waals surface area contributed by atoms with Crippen molar-refractivity contribution >= 4 is 10.9 Å². The number of hydrogen-bond acceptors (Lipinski definition) is 3.